The molecule has 0 aliphatic heterocycles. The molecule has 0 saturated heterocycles. The van der Waals surface area contributed by atoms with Crippen LogP contribution in [0.25, 0.3) is 5.69 Å². The zero-order valence-corrected chi connectivity index (χ0v) is 15.3. The molecule has 0 radical (unpaired) electrons. The molecular weight excluding hydrogens is 358 g/mol. The van der Waals surface area contributed by atoms with Crippen LogP contribution in [0.1, 0.15) is 11.1 Å². The maximum absolute atomic E-state index is 12.2. The molecule has 2 aromatic carbocycles. The van der Waals surface area contributed by atoms with Crippen LogP contribution >= 0.6 is 23.4 Å². The van der Waals surface area contributed by atoms with Gasteiger partial charge in [-0.25, -0.2) is 0 Å². The molecule has 0 aliphatic carbocycles. The third-order valence-corrected chi connectivity index (χ3v) is 4.97. The fourth-order valence-electron chi connectivity index (χ4n) is 2.26. The number of nitrogens with zero attached hydrogens (tertiary/aromatic N) is 4. The molecule has 0 spiro atoms. The highest BCUT2D eigenvalue weighted by molar-refractivity contribution is 7.99. The van der Waals surface area contributed by atoms with E-state index in [1.54, 1.807) is 16.8 Å². The van der Waals surface area contributed by atoms with E-state index in [2.05, 4.69) is 20.8 Å². The molecule has 0 unspecified atom stereocenters. The van der Waals surface area contributed by atoms with E-state index in [1.165, 1.54) is 11.8 Å². The fraction of sp³-hybridized carbons (Fsp3) is 0.176. The SMILES string of the molecule is Cc1cccc(-n2nnnc2SCC(=O)Nc2ccccc2Cl)c1C. The zero-order valence-electron chi connectivity index (χ0n) is 13.7. The summed E-state index contributed by atoms with van der Waals surface area (Å²) in [5.41, 5.74) is 3.74. The number of anilines is 1. The normalized spacial score (nSPS) is 10.7. The standard InChI is InChI=1S/C17H16ClN5OS/c1-11-6-5-9-15(12(11)2)23-17(20-21-22-23)25-10-16(24)19-14-8-4-3-7-13(14)18/h3-9H,10H2,1-2H3,(H,19,24). The topological polar surface area (TPSA) is 72.7 Å². The number of hydrogen-bond donors (Lipinski definition) is 1. The van der Waals surface area contributed by atoms with Gasteiger partial charge in [-0.05, 0) is 53.6 Å². The highest BCUT2D eigenvalue weighted by Gasteiger charge is 2.14. The Morgan fingerprint density at radius 3 is 2.80 bits per heavy atom. The van der Waals surface area contributed by atoms with E-state index >= 15 is 0 Å². The first-order valence-corrected chi connectivity index (χ1v) is 8.95. The van der Waals surface area contributed by atoms with E-state index in [-0.39, 0.29) is 11.7 Å². The summed E-state index contributed by atoms with van der Waals surface area (Å²) in [4.78, 5) is 12.2. The van der Waals surface area contributed by atoms with E-state index in [4.69, 9.17) is 11.6 Å². The number of tetrazole rings is 1. The average molecular weight is 374 g/mol. The predicted molar refractivity (Wildman–Crippen MR) is 99.4 cm³/mol. The molecule has 1 aromatic heterocycles. The van der Waals surface area contributed by atoms with E-state index in [0.29, 0.717) is 15.9 Å². The summed E-state index contributed by atoms with van der Waals surface area (Å²) in [6.07, 6.45) is 0. The predicted octanol–water partition coefficient (Wildman–Crippen LogP) is 3.66. The van der Waals surface area contributed by atoms with Crippen LogP contribution in [0.15, 0.2) is 47.6 Å². The molecule has 3 rings (SSSR count). The van der Waals surface area contributed by atoms with Crippen molar-refractivity contribution in [3.05, 3.63) is 58.6 Å². The molecule has 6 nitrogen and oxygen atoms in total. The number of thioether (sulfide) groups is 1. The Bertz CT molecular complexity index is 912. The molecule has 1 heterocycles. The second kappa shape index (κ2) is 7.67. The molecule has 1 N–H and O–H groups in total. The smallest absolute Gasteiger partial charge is 0.234 e. The number of rotatable bonds is 5. The van der Waals surface area contributed by atoms with Crippen LogP contribution in [0.5, 0.6) is 0 Å². The minimum absolute atomic E-state index is 0.173. The summed E-state index contributed by atoms with van der Waals surface area (Å²) in [7, 11) is 0. The highest BCUT2D eigenvalue weighted by Crippen LogP contribution is 2.24. The summed E-state index contributed by atoms with van der Waals surface area (Å²) in [6, 6.07) is 13.1. The molecule has 8 heteroatoms. The van der Waals surface area contributed by atoms with Gasteiger partial charge in [0.2, 0.25) is 11.1 Å². The number of halogens is 1. The first-order chi connectivity index (χ1) is 12.1. The monoisotopic (exact) mass is 373 g/mol. The number of nitrogens with one attached hydrogen (secondary N) is 1. The Kier molecular flexibility index (Phi) is 5.35. The first kappa shape index (κ1) is 17.4. The number of para-hydroxylation sites is 1. The summed E-state index contributed by atoms with van der Waals surface area (Å²) < 4.78 is 1.65. The Hall–Kier alpha value is -2.38. The van der Waals surface area contributed by atoms with Crippen LogP contribution < -0.4 is 5.32 Å². The average Bonchev–Trinajstić information content (AvgIpc) is 3.06. The number of carbonyl (C=O) groups is 1. The van der Waals surface area contributed by atoms with Crippen LogP contribution in [0.3, 0.4) is 0 Å². The van der Waals surface area contributed by atoms with Gasteiger partial charge in [0.05, 0.1) is 22.2 Å². The second-order valence-corrected chi connectivity index (χ2v) is 6.76. The van der Waals surface area contributed by atoms with Gasteiger partial charge < -0.3 is 5.32 Å². The van der Waals surface area contributed by atoms with Gasteiger partial charge in [0, 0.05) is 0 Å². The van der Waals surface area contributed by atoms with Crippen molar-refractivity contribution in [3.63, 3.8) is 0 Å². The van der Waals surface area contributed by atoms with Crippen LogP contribution in [-0.4, -0.2) is 31.9 Å². The minimum atomic E-state index is -0.173. The molecule has 0 saturated carbocycles. The van der Waals surface area contributed by atoms with Crippen LogP contribution in [-0.2, 0) is 4.79 Å². The number of aromatic nitrogens is 4. The van der Waals surface area contributed by atoms with E-state index < -0.39 is 0 Å². The van der Waals surface area contributed by atoms with Gasteiger partial charge in [0.25, 0.3) is 0 Å². The number of aryl methyl sites for hydroxylation is 1. The lowest BCUT2D eigenvalue weighted by Crippen LogP contribution is -2.15. The summed E-state index contributed by atoms with van der Waals surface area (Å²) in [6.45, 7) is 4.05. The van der Waals surface area contributed by atoms with Crippen molar-refractivity contribution in [2.75, 3.05) is 11.1 Å². The van der Waals surface area contributed by atoms with Gasteiger partial charge in [0.15, 0.2) is 0 Å². The largest absolute Gasteiger partial charge is 0.324 e. The van der Waals surface area contributed by atoms with Crippen molar-refractivity contribution in [2.24, 2.45) is 0 Å². The number of amides is 1. The lowest BCUT2D eigenvalue weighted by Gasteiger charge is -2.10. The van der Waals surface area contributed by atoms with Gasteiger partial charge in [-0.1, -0.05) is 47.6 Å². The summed E-state index contributed by atoms with van der Waals surface area (Å²) in [5.74, 6) is 0.00446. The maximum Gasteiger partial charge on any atom is 0.234 e. The molecule has 3 aromatic rings. The van der Waals surface area contributed by atoms with Crippen molar-refractivity contribution in [2.45, 2.75) is 19.0 Å². The lowest BCUT2D eigenvalue weighted by atomic mass is 10.1. The Balaban J connectivity index is 1.71. The molecule has 0 atom stereocenters. The third-order valence-electron chi connectivity index (χ3n) is 3.73. The van der Waals surface area contributed by atoms with Crippen molar-refractivity contribution < 1.29 is 4.79 Å². The zero-order chi connectivity index (χ0) is 17.8. The van der Waals surface area contributed by atoms with Gasteiger partial charge in [-0.2, -0.15) is 4.68 Å². The molecule has 0 bridgehead atoms. The van der Waals surface area contributed by atoms with Crippen molar-refractivity contribution in [1.29, 1.82) is 0 Å². The molecule has 25 heavy (non-hydrogen) atoms. The fourth-order valence-corrected chi connectivity index (χ4v) is 3.13. The van der Waals surface area contributed by atoms with E-state index in [1.807, 2.05) is 44.2 Å². The molecule has 128 valence electrons. The number of benzene rings is 2. The Labute approximate surface area is 154 Å². The van der Waals surface area contributed by atoms with Crippen molar-refractivity contribution >= 4 is 35.0 Å². The van der Waals surface area contributed by atoms with Crippen LogP contribution in [0.2, 0.25) is 5.02 Å². The first-order valence-electron chi connectivity index (χ1n) is 7.58. The third kappa shape index (κ3) is 4.00. The van der Waals surface area contributed by atoms with Crippen LogP contribution in [0.4, 0.5) is 5.69 Å². The van der Waals surface area contributed by atoms with E-state index in [0.717, 1.165) is 16.8 Å². The lowest BCUT2D eigenvalue weighted by molar-refractivity contribution is -0.113. The quantitative estimate of drug-likeness (QED) is 0.691. The molecule has 0 aliphatic rings. The van der Waals surface area contributed by atoms with E-state index in [9.17, 15) is 4.79 Å². The minimum Gasteiger partial charge on any atom is -0.324 e. The maximum atomic E-state index is 12.2. The Morgan fingerprint density at radius 2 is 2.00 bits per heavy atom. The van der Waals surface area contributed by atoms with Gasteiger partial charge in [-0.3, -0.25) is 4.79 Å². The molecule has 1 amide bonds. The highest BCUT2D eigenvalue weighted by atomic mass is 35.5. The van der Waals surface area contributed by atoms with Crippen molar-refractivity contribution in [1.82, 2.24) is 20.2 Å². The number of hydrogen-bond acceptors (Lipinski definition) is 5. The summed E-state index contributed by atoms with van der Waals surface area (Å²) >= 11 is 7.32. The van der Waals surface area contributed by atoms with Gasteiger partial charge >= 0.3 is 0 Å². The summed E-state index contributed by atoms with van der Waals surface area (Å²) in [5, 5.41) is 15.6. The number of carbonyl (C=O) groups excluding carboxylic acids is 1. The van der Waals surface area contributed by atoms with Crippen molar-refractivity contribution in [3.8, 4) is 5.69 Å². The molecular formula is C17H16ClN5OS. The Morgan fingerprint density at radius 1 is 1.20 bits per heavy atom. The second-order valence-electron chi connectivity index (χ2n) is 5.41. The van der Waals surface area contributed by atoms with Crippen LogP contribution in [0, 0.1) is 13.8 Å². The molecule has 0 fully saturated rings. The van der Waals surface area contributed by atoms with Gasteiger partial charge in [0.1, 0.15) is 0 Å². The van der Waals surface area contributed by atoms with Gasteiger partial charge in [-0.15, -0.1) is 5.10 Å².